The van der Waals surface area contributed by atoms with Gasteiger partial charge < -0.3 is 9.15 Å². The first-order valence-corrected chi connectivity index (χ1v) is 8.20. The van der Waals surface area contributed by atoms with Crippen molar-refractivity contribution in [3.63, 3.8) is 0 Å². The summed E-state index contributed by atoms with van der Waals surface area (Å²) in [5.41, 5.74) is 2.65. The molecule has 3 aromatic rings. The van der Waals surface area contributed by atoms with Gasteiger partial charge in [-0.05, 0) is 43.4 Å². The van der Waals surface area contributed by atoms with Gasteiger partial charge in [0.15, 0.2) is 6.17 Å². The molecule has 1 unspecified atom stereocenters. The largest absolute Gasteiger partial charge is 0.471 e. The van der Waals surface area contributed by atoms with Crippen LogP contribution in [0.4, 0.5) is 4.39 Å². The number of rotatable bonds is 6. The third kappa shape index (κ3) is 3.65. The van der Waals surface area contributed by atoms with Gasteiger partial charge in [-0.25, -0.2) is 9.37 Å². The van der Waals surface area contributed by atoms with Crippen LogP contribution >= 0.6 is 0 Å². The Kier molecular flexibility index (Phi) is 4.13. The van der Waals surface area contributed by atoms with Gasteiger partial charge in [-0.1, -0.05) is 6.07 Å². The van der Waals surface area contributed by atoms with Gasteiger partial charge >= 0.3 is 0 Å². The van der Waals surface area contributed by atoms with E-state index in [-0.39, 0.29) is 11.8 Å². The summed E-state index contributed by atoms with van der Waals surface area (Å²) in [5.74, 6) is 1.47. The maximum absolute atomic E-state index is 13.1. The Morgan fingerprint density at radius 2 is 2.04 bits per heavy atom. The number of hydrogen-bond donors (Lipinski definition) is 0. The predicted molar refractivity (Wildman–Crippen MR) is 87.6 cm³/mol. The quantitative estimate of drug-likeness (QED) is 0.675. The van der Waals surface area contributed by atoms with Crippen LogP contribution in [0.15, 0.2) is 41.1 Å². The second-order valence-corrected chi connectivity index (χ2v) is 6.09. The Morgan fingerprint density at radius 3 is 2.64 bits per heavy atom. The van der Waals surface area contributed by atoms with Crippen molar-refractivity contribution in [3.05, 3.63) is 53.8 Å². The zero-order chi connectivity index (χ0) is 17.2. The number of alkyl halides is 1. The van der Waals surface area contributed by atoms with Crippen molar-refractivity contribution < 1.29 is 13.5 Å². The minimum Gasteiger partial charge on any atom is -0.471 e. The average molecular weight is 340 g/mol. The van der Waals surface area contributed by atoms with Gasteiger partial charge in [0, 0.05) is 18.5 Å². The van der Waals surface area contributed by atoms with Crippen molar-refractivity contribution in [3.8, 4) is 17.3 Å². The van der Waals surface area contributed by atoms with Gasteiger partial charge in [-0.2, -0.15) is 0 Å². The summed E-state index contributed by atoms with van der Waals surface area (Å²) in [7, 11) is 0. The third-order valence-electron chi connectivity index (χ3n) is 4.03. The molecule has 1 fully saturated rings. The van der Waals surface area contributed by atoms with Crippen molar-refractivity contribution in [2.75, 3.05) is 0 Å². The Balaban J connectivity index is 1.38. The Bertz CT molecular complexity index is 842. The number of nitrogens with zero attached hydrogens (tertiary/aromatic N) is 4. The fourth-order valence-corrected chi connectivity index (χ4v) is 2.43. The molecule has 0 radical (unpaired) electrons. The minimum atomic E-state index is -1.29. The van der Waals surface area contributed by atoms with E-state index in [1.54, 1.807) is 18.3 Å². The van der Waals surface area contributed by atoms with Crippen LogP contribution in [0.2, 0.25) is 0 Å². The topological polar surface area (TPSA) is 73.9 Å². The van der Waals surface area contributed by atoms with Crippen LogP contribution in [0.5, 0.6) is 5.88 Å². The lowest BCUT2D eigenvalue weighted by molar-refractivity contribution is 0.289. The van der Waals surface area contributed by atoms with Crippen LogP contribution in [-0.4, -0.2) is 20.2 Å². The molecule has 0 spiro atoms. The van der Waals surface area contributed by atoms with E-state index in [1.807, 2.05) is 12.3 Å². The fourth-order valence-electron chi connectivity index (χ4n) is 2.43. The van der Waals surface area contributed by atoms with Crippen LogP contribution in [0.3, 0.4) is 0 Å². The molecule has 0 amide bonds. The van der Waals surface area contributed by atoms with Crippen LogP contribution in [0.25, 0.3) is 11.5 Å². The third-order valence-corrected chi connectivity index (χ3v) is 4.03. The number of halogens is 1. The van der Waals surface area contributed by atoms with Crippen LogP contribution < -0.4 is 4.74 Å². The summed E-state index contributed by atoms with van der Waals surface area (Å²) in [5, 5.41) is 7.48. The van der Waals surface area contributed by atoms with E-state index in [2.05, 4.69) is 26.2 Å². The molecule has 25 heavy (non-hydrogen) atoms. The standard InChI is InChI=1S/C18H17FN4O2/c1-11(19)17-22-23-18(25-17)14-4-6-15(20-9-14)10-24-16-7-5-13(8-21-16)12-2-3-12/h4-9,11-12H,2-3,10H2,1H3. The van der Waals surface area contributed by atoms with E-state index >= 15 is 0 Å². The number of pyridine rings is 2. The summed E-state index contributed by atoms with van der Waals surface area (Å²) in [6.07, 6.45) is 4.69. The molecule has 3 heterocycles. The van der Waals surface area contributed by atoms with Gasteiger partial charge in [0.05, 0.1) is 11.3 Å². The molecule has 1 aliphatic rings. The van der Waals surface area contributed by atoms with Crippen LogP contribution in [0, 0.1) is 0 Å². The molecular formula is C18H17FN4O2. The van der Waals surface area contributed by atoms with Crippen molar-refractivity contribution in [2.24, 2.45) is 0 Å². The summed E-state index contributed by atoms with van der Waals surface area (Å²) < 4.78 is 24.0. The molecule has 1 aliphatic carbocycles. The minimum absolute atomic E-state index is 0.0388. The van der Waals surface area contributed by atoms with E-state index in [9.17, 15) is 4.39 Å². The lowest BCUT2D eigenvalue weighted by atomic mass is 10.2. The smallest absolute Gasteiger partial charge is 0.250 e. The number of hydrogen-bond acceptors (Lipinski definition) is 6. The monoisotopic (exact) mass is 340 g/mol. The molecule has 4 rings (SSSR count). The summed E-state index contributed by atoms with van der Waals surface area (Å²) >= 11 is 0. The fraction of sp³-hybridized carbons (Fsp3) is 0.333. The Hall–Kier alpha value is -2.83. The maximum Gasteiger partial charge on any atom is 0.250 e. The molecule has 7 heteroatoms. The highest BCUT2D eigenvalue weighted by molar-refractivity contribution is 5.50. The molecular weight excluding hydrogens is 323 g/mol. The summed E-state index contributed by atoms with van der Waals surface area (Å²) in [6.45, 7) is 1.66. The van der Waals surface area contributed by atoms with Gasteiger partial charge in [0.1, 0.15) is 6.61 Å². The molecule has 1 saturated carbocycles. The van der Waals surface area contributed by atoms with Gasteiger partial charge in [0.2, 0.25) is 11.8 Å². The molecule has 128 valence electrons. The molecule has 3 aromatic heterocycles. The molecule has 0 saturated heterocycles. The lowest BCUT2D eigenvalue weighted by Gasteiger charge is -2.06. The normalized spacial score (nSPS) is 15.1. The van der Waals surface area contributed by atoms with E-state index in [1.165, 1.54) is 25.3 Å². The maximum atomic E-state index is 13.1. The second kappa shape index (κ2) is 6.58. The van der Waals surface area contributed by atoms with E-state index in [0.29, 0.717) is 24.0 Å². The zero-order valence-corrected chi connectivity index (χ0v) is 13.7. The van der Waals surface area contributed by atoms with Crippen molar-refractivity contribution in [1.82, 2.24) is 20.2 Å². The molecule has 0 bridgehead atoms. The van der Waals surface area contributed by atoms with Crippen molar-refractivity contribution >= 4 is 0 Å². The van der Waals surface area contributed by atoms with Gasteiger partial charge in [-0.15, -0.1) is 10.2 Å². The van der Waals surface area contributed by atoms with Crippen molar-refractivity contribution in [1.29, 1.82) is 0 Å². The van der Waals surface area contributed by atoms with E-state index in [4.69, 9.17) is 9.15 Å². The van der Waals surface area contributed by atoms with Gasteiger partial charge in [-0.3, -0.25) is 4.98 Å². The number of ether oxygens (including phenoxy) is 1. The molecule has 6 nitrogen and oxygen atoms in total. The first-order chi connectivity index (χ1) is 12.2. The zero-order valence-electron chi connectivity index (χ0n) is 13.7. The average Bonchev–Trinajstić information content (AvgIpc) is 3.37. The second-order valence-electron chi connectivity index (χ2n) is 6.09. The van der Waals surface area contributed by atoms with Crippen LogP contribution in [-0.2, 0) is 6.61 Å². The summed E-state index contributed by atoms with van der Waals surface area (Å²) in [6, 6.07) is 7.54. The van der Waals surface area contributed by atoms with Gasteiger partial charge in [0.25, 0.3) is 5.89 Å². The molecule has 0 aliphatic heterocycles. The first-order valence-electron chi connectivity index (χ1n) is 8.20. The van der Waals surface area contributed by atoms with E-state index in [0.717, 1.165) is 5.69 Å². The summed E-state index contributed by atoms with van der Waals surface area (Å²) in [4.78, 5) is 8.63. The first kappa shape index (κ1) is 15.7. The molecule has 0 N–H and O–H groups in total. The molecule has 0 aromatic carbocycles. The Labute approximate surface area is 144 Å². The highest BCUT2D eigenvalue weighted by Crippen LogP contribution is 2.39. The van der Waals surface area contributed by atoms with Crippen LogP contribution in [0.1, 0.15) is 49.0 Å². The lowest BCUT2D eigenvalue weighted by Crippen LogP contribution is -1.99. The SMILES string of the molecule is CC(F)c1nnc(-c2ccc(COc3ccc(C4CC4)cn3)nc2)o1. The Morgan fingerprint density at radius 1 is 1.16 bits per heavy atom. The van der Waals surface area contributed by atoms with E-state index < -0.39 is 6.17 Å². The van der Waals surface area contributed by atoms with Crippen molar-refractivity contribution in [2.45, 2.75) is 38.5 Å². The predicted octanol–water partition coefficient (Wildman–Crippen LogP) is 4.01. The molecule has 1 atom stereocenters. The highest BCUT2D eigenvalue weighted by Gasteiger charge is 2.23. The highest BCUT2D eigenvalue weighted by atomic mass is 19.1. The number of aromatic nitrogens is 4.